The van der Waals surface area contributed by atoms with E-state index in [0.717, 1.165) is 18.4 Å². The predicted molar refractivity (Wildman–Crippen MR) is 43.5 cm³/mol. The Bertz CT molecular complexity index is 106. The van der Waals surface area contributed by atoms with Gasteiger partial charge in [-0.25, -0.2) is 0 Å². The van der Waals surface area contributed by atoms with Gasteiger partial charge < -0.3 is 10.1 Å². The molecular formula is C7H13NOS. The predicted octanol–water partition coefficient (Wildman–Crippen LogP) is 0.480. The quantitative estimate of drug-likeness (QED) is 0.555. The fraction of sp³-hybridized carbons (Fsp3) is 1.00. The molecule has 0 amide bonds. The van der Waals surface area contributed by atoms with Gasteiger partial charge in [0.2, 0.25) is 0 Å². The fourth-order valence-electron chi connectivity index (χ4n) is 1.33. The van der Waals surface area contributed by atoms with Crippen LogP contribution in [0.4, 0.5) is 0 Å². The Morgan fingerprint density at radius 2 is 2.50 bits per heavy atom. The Kier molecular flexibility index (Phi) is 2.16. The second-order valence-corrected chi connectivity index (χ2v) is 4.19. The summed E-state index contributed by atoms with van der Waals surface area (Å²) in [5, 5.41) is 4.18. The molecule has 2 aliphatic rings. The Hall–Kier alpha value is 0.270. The Morgan fingerprint density at radius 1 is 1.50 bits per heavy atom. The number of thioether (sulfide) groups is 1. The number of hydrogen-bond acceptors (Lipinski definition) is 3. The number of rotatable bonds is 0. The first-order valence-electron chi connectivity index (χ1n) is 3.91. The van der Waals surface area contributed by atoms with Crippen LogP contribution in [-0.4, -0.2) is 36.8 Å². The number of nitrogens with one attached hydrogen (secondary N) is 1. The molecule has 10 heavy (non-hydrogen) atoms. The fourth-order valence-corrected chi connectivity index (χ4v) is 2.51. The molecule has 58 valence electrons. The summed E-state index contributed by atoms with van der Waals surface area (Å²) in [6.45, 7) is 3.22. The van der Waals surface area contributed by atoms with Crippen LogP contribution in [-0.2, 0) is 4.74 Å². The van der Waals surface area contributed by atoms with Crippen LogP contribution in [0.2, 0.25) is 0 Å². The minimum Gasteiger partial charge on any atom is -0.374 e. The lowest BCUT2D eigenvalue weighted by atomic mass is 10.2. The Labute approximate surface area is 65.7 Å². The Balaban J connectivity index is 1.83. The van der Waals surface area contributed by atoms with Crippen molar-refractivity contribution in [2.45, 2.75) is 17.8 Å². The minimum absolute atomic E-state index is 0.519. The van der Waals surface area contributed by atoms with Crippen molar-refractivity contribution in [2.24, 2.45) is 0 Å². The van der Waals surface area contributed by atoms with Gasteiger partial charge in [0.05, 0.1) is 18.0 Å². The van der Waals surface area contributed by atoms with Crippen LogP contribution in [0, 0.1) is 0 Å². The molecule has 0 bridgehead atoms. The smallest absolute Gasteiger partial charge is 0.0840 e. The lowest BCUT2D eigenvalue weighted by Crippen LogP contribution is -2.50. The van der Waals surface area contributed by atoms with Crippen LogP contribution < -0.4 is 5.32 Å². The average molecular weight is 159 g/mol. The summed E-state index contributed by atoms with van der Waals surface area (Å²) in [7, 11) is 0. The summed E-state index contributed by atoms with van der Waals surface area (Å²) in [6.07, 6.45) is 1.83. The van der Waals surface area contributed by atoms with Crippen molar-refractivity contribution in [3.05, 3.63) is 0 Å². The molecule has 0 radical (unpaired) electrons. The molecule has 2 saturated heterocycles. The molecule has 2 nitrogen and oxygen atoms in total. The van der Waals surface area contributed by atoms with E-state index in [1.165, 1.54) is 18.7 Å². The van der Waals surface area contributed by atoms with Gasteiger partial charge in [-0.1, -0.05) is 0 Å². The van der Waals surface area contributed by atoms with Gasteiger partial charge in [0.15, 0.2) is 0 Å². The largest absolute Gasteiger partial charge is 0.374 e. The van der Waals surface area contributed by atoms with Gasteiger partial charge >= 0.3 is 0 Å². The van der Waals surface area contributed by atoms with Crippen molar-refractivity contribution in [3.8, 4) is 0 Å². The summed E-state index contributed by atoms with van der Waals surface area (Å²) >= 11 is 2.08. The molecule has 2 aliphatic heterocycles. The molecular weight excluding hydrogens is 146 g/mol. The highest BCUT2D eigenvalue weighted by Crippen LogP contribution is 2.27. The van der Waals surface area contributed by atoms with Crippen LogP contribution in [0.25, 0.3) is 0 Å². The summed E-state index contributed by atoms with van der Waals surface area (Å²) in [4.78, 5) is 0. The van der Waals surface area contributed by atoms with Crippen molar-refractivity contribution in [1.29, 1.82) is 0 Å². The van der Waals surface area contributed by atoms with Crippen LogP contribution in [0.5, 0.6) is 0 Å². The van der Waals surface area contributed by atoms with Gasteiger partial charge in [0, 0.05) is 6.54 Å². The van der Waals surface area contributed by atoms with E-state index < -0.39 is 0 Å². The molecule has 2 fully saturated rings. The van der Waals surface area contributed by atoms with E-state index in [0.29, 0.717) is 6.10 Å². The summed E-state index contributed by atoms with van der Waals surface area (Å²) < 4.78 is 5.39. The third-order valence-corrected chi connectivity index (χ3v) is 3.46. The molecule has 0 aromatic rings. The van der Waals surface area contributed by atoms with Gasteiger partial charge in [-0.3, -0.25) is 0 Å². The van der Waals surface area contributed by atoms with E-state index in [1.54, 1.807) is 0 Å². The second kappa shape index (κ2) is 3.11. The van der Waals surface area contributed by atoms with Crippen molar-refractivity contribution in [1.82, 2.24) is 5.32 Å². The topological polar surface area (TPSA) is 21.3 Å². The molecule has 0 aromatic carbocycles. The maximum absolute atomic E-state index is 5.39. The van der Waals surface area contributed by atoms with E-state index in [9.17, 15) is 0 Å². The average Bonchev–Trinajstić information content (AvgIpc) is 1.89. The molecule has 2 unspecified atom stereocenters. The maximum atomic E-state index is 5.39. The molecule has 2 atom stereocenters. The third-order valence-electron chi connectivity index (χ3n) is 2.06. The van der Waals surface area contributed by atoms with E-state index in [4.69, 9.17) is 4.74 Å². The zero-order valence-corrected chi connectivity index (χ0v) is 6.82. The second-order valence-electron chi connectivity index (χ2n) is 2.84. The number of ether oxygens (including phenoxy) is 1. The monoisotopic (exact) mass is 159 g/mol. The molecule has 0 spiro atoms. The molecule has 2 rings (SSSR count). The van der Waals surface area contributed by atoms with Crippen molar-refractivity contribution >= 4 is 11.8 Å². The van der Waals surface area contributed by atoms with E-state index >= 15 is 0 Å². The first kappa shape index (κ1) is 6.95. The first-order valence-corrected chi connectivity index (χ1v) is 4.95. The van der Waals surface area contributed by atoms with Crippen LogP contribution in [0.15, 0.2) is 0 Å². The molecule has 0 saturated carbocycles. The summed E-state index contributed by atoms with van der Waals surface area (Å²) in [6, 6.07) is 0. The Morgan fingerprint density at radius 3 is 3.30 bits per heavy atom. The lowest BCUT2D eigenvalue weighted by molar-refractivity contribution is -0.0400. The minimum atomic E-state index is 0.519. The van der Waals surface area contributed by atoms with Crippen LogP contribution in [0.3, 0.4) is 0 Å². The zero-order valence-electron chi connectivity index (χ0n) is 6.01. The van der Waals surface area contributed by atoms with E-state index in [2.05, 4.69) is 17.1 Å². The third kappa shape index (κ3) is 1.31. The summed E-state index contributed by atoms with van der Waals surface area (Å²) in [5.74, 6) is 1.30. The maximum Gasteiger partial charge on any atom is 0.0840 e. The van der Waals surface area contributed by atoms with E-state index in [1.807, 2.05) is 0 Å². The molecule has 3 heteroatoms. The van der Waals surface area contributed by atoms with Crippen molar-refractivity contribution in [2.75, 3.05) is 25.4 Å². The SMILES string of the molecule is C1CNCC2OCC2SC1. The van der Waals surface area contributed by atoms with Gasteiger partial charge in [0.25, 0.3) is 0 Å². The first-order chi connectivity index (χ1) is 4.97. The van der Waals surface area contributed by atoms with E-state index in [-0.39, 0.29) is 0 Å². The van der Waals surface area contributed by atoms with Gasteiger partial charge in [0.1, 0.15) is 0 Å². The number of fused-ring (bicyclic) bond motifs is 1. The normalized spacial score (nSPS) is 40.8. The van der Waals surface area contributed by atoms with Gasteiger partial charge in [-0.15, -0.1) is 0 Å². The van der Waals surface area contributed by atoms with Crippen molar-refractivity contribution < 1.29 is 4.74 Å². The standard InChI is InChI=1S/C7H13NOS/c1-2-8-4-6-7(5-9-6)10-3-1/h6-8H,1-5H2. The van der Waals surface area contributed by atoms with Crippen LogP contribution >= 0.6 is 11.8 Å². The molecule has 0 aliphatic carbocycles. The number of hydrogen-bond donors (Lipinski definition) is 1. The van der Waals surface area contributed by atoms with Crippen molar-refractivity contribution in [3.63, 3.8) is 0 Å². The zero-order chi connectivity index (χ0) is 6.81. The van der Waals surface area contributed by atoms with Gasteiger partial charge in [-0.2, -0.15) is 11.8 Å². The highest BCUT2D eigenvalue weighted by molar-refractivity contribution is 8.00. The molecule has 0 aromatic heterocycles. The summed E-state index contributed by atoms with van der Waals surface area (Å²) in [5.41, 5.74) is 0. The highest BCUT2D eigenvalue weighted by atomic mass is 32.2. The molecule has 1 N–H and O–H groups in total. The van der Waals surface area contributed by atoms with Crippen LogP contribution in [0.1, 0.15) is 6.42 Å². The lowest BCUT2D eigenvalue weighted by Gasteiger charge is -2.37. The molecule has 2 heterocycles. The van der Waals surface area contributed by atoms with Gasteiger partial charge in [-0.05, 0) is 18.7 Å². The highest BCUT2D eigenvalue weighted by Gasteiger charge is 2.32.